The number of ether oxygens (including phenoxy) is 1. The molecule has 0 saturated carbocycles. The fourth-order valence-corrected chi connectivity index (χ4v) is 0.614. The first-order chi connectivity index (χ1) is 5.18. The summed E-state index contributed by atoms with van der Waals surface area (Å²) >= 11 is 0. The summed E-state index contributed by atoms with van der Waals surface area (Å²) in [6.45, 7) is 3.97. The van der Waals surface area contributed by atoms with Crippen molar-refractivity contribution in [2.45, 2.75) is 12.8 Å². The molecule has 64 valence electrons. The van der Waals surface area contributed by atoms with E-state index in [4.69, 9.17) is 4.74 Å². The van der Waals surface area contributed by atoms with Gasteiger partial charge in [-0.2, -0.15) is 0 Å². The van der Waals surface area contributed by atoms with Crippen molar-refractivity contribution in [1.82, 2.24) is 4.90 Å². The minimum Gasteiger partial charge on any atom is -0.502 e. The Hall–Kier alpha value is -0.990. The summed E-state index contributed by atoms with van der Waals surface area (Å²) in [4.78, 5) is 12.5. The summed E-state index contributed by atoms with van der Waals surface area (Å²) in [5.41, 5.74) is 0. The van der Waals surface area contributed by atoms with Gasteiger partial charge < -0.3 is 9.64 Å². The summed E-state index contributed by atoms with van der Waals surface area (Å²) < 4.78 is 4.86. The molecule has 0 aliphatic carbocycles. The number of amides is 1. The SMILES string of the molecule is C=COCCCC(=O)N(C)C. The molecule has 3 heteroatoms. The van der Waals surface area contributed by atoms with Gasteiger partial charge in [-0.15, -0.1) is 0 Å². The van der Waals surface area contributed by atoms with Crippen molar-refractivity contribution in [1.29, 1.82) is 0 Å². The van der Waals surface area contributed by atoms with Gasteiger partial charge in [-0.3, -0.25) is 4.79 Å². The molecule has 0 aliphatic heterocycles. The Morgan fingerprint density at radius 1 is 1.64 bits per heavy atom. The molecule has 0 fully saturated rings. The molecule has 0 atom stereocenters. The van der Waals surface area contributed by atoms with Gasteiger partial charge in [-0.25, -0.2) is 0 Å². The number of carbonyl (C=O) groups excluding carboxylic acids is 1. The lowest BCUT2D eigenvalue weighted by Gasteiger charge is -2.09. The lowest BCUT2D eigenvalue weighted by atomic mass is 10.3. The standard InChI is InChI=1S/C8H15NO2/c1-4-11-7-5-6-8(10)9(2)3/h4H,1,5-7H2,2-3H3. The first-order valence-electron chi connectivity index (χ1n) is 3.61. The van der Waals surface area contributed by atoms with E-state index in [1.165, 1.54) is 6.26 Å². The third kappa shape index (κ3) is 5.45. The Kier molecular flexibility index (Phi) is 5.25. The molecule has 0 radical (unpaired) electrons. The van der Waals surface area contributed by atoms with E-state index in [1.807, 2.05) is 0 Å². The molecule has 11 heavy (non-hydrogen) atoms. The molecule has 0 spiro atoms. The molecule has 0 rings (SSSR count). The van der Waals surface area contributed by atoms with Gasteiger partial charge in [0.1, 0.15) is 0 Å². The fourth-order valence-electron chi connectivity index (χ4n) is 0.614. The summed E-state index contributed by atoms with van der Waals surface area (Å²) in [6.07, 6.45) is 2.68. The topological polar surface area (TPSA) is 29.5 Å². The lowest BCUT2D eigenvalue weighted by Crippen LogP contribution is -2.21. The molecule has 0 aromatic carbocycles. The van der Waals surface area contributed by atoms with Crippen molar-refractivity contribution in [3.05, 3.63) is 12.8 Å². The van der Waals surface area contributed by atoms with E-state index in [-0.39, 0.29) is 5.91 Å². The Morgan fingerprint density at radius 2 is 2.27 bits per heavy atom. The highest BCUT2D eigenvalue weighted by atomic mass is 16.5. The van der Waals surface area contributed by atoms with Crippen LogP contribution in [-0.2, 0) is 9.53 Å². The average Bonchev–Trinajstić information content (AvgIpc) is 1.97. The monoisotopic (exact) mass is 157 g/mol. The van der Waals surface area contributed by atoms with Crippen LogP contribution in [0.4, 0.5) is 0 Å². The summed E-state index contributed by atoms with van der Waals surface area (Å²) in [6, 6.07) is 0. The zero-order valence-electron chi connectivity index (χ0n) is 7.17. The first kappa shape index (κ1) is 10.0. The van der Waals surface area contributed by atoms with Crippen LogP contribution in [0.1, 0.15) is 12.8 Å². The van der Waals surface area contributed by atoms with E-state index >= 15 is 0 Å². The summed E-state index contributed by atoms with van der Waals surface area (Å²) in [5.74, 6) is 0.137. The summed E-state index contributed by atoms with van der Waals surface area (Å²) in [7, 11) is 3.49. The first-order valence-corrected chi connectivity index (χ1v) is 3.61. The van der Waals surface area contributed by atoms with Gasteiger partial charge in [0.15, 0.2) is 0 Å². The number of hydrogen-bond donors (Lipinski definition) is 0. The third-order valence-corrected chi connectivity index (χ3v) is 1.27. The third-order valence-electron chi connectivity index (χ3n) is 1.27. The maximum atomic E-state index is 11.0. The Balaban J connectivity index is 3.24. The van der Waals surface area contributed by atoms with Gasteiger partial charge in [-0.1, -0.05) is 6.58 Å². The van der Waals surface area contributed by atoms with Crippen LogP contribution in [-0.4, -0.2) is 31.5 Å². The lowest BCUT2D eigenvalue weighted by molar-refractivity contribution is -0.128. The fraction of sp³-hybridized carbons (Fsp3) is 0.625. The van der Waals surface area contributed by atoms with Gasteiger partial charge >= 0.3 is 0 Å². The molecule has 1 amide bonds. The highest BCUT2D eigenvalue weighted by Gasteiger charge is 2.01. The number of carbonyl (C=O) groups is 1. The molecule has 0 saturated heterocycles. The van der Waals surface area contributed by atoms with Crippen molar-refractivity contribution in [2.75, 3.05) is 20.7 Å². The Morgan fingerprint density at radius 3 is 2.73 bits per heavy atom. The van der Waals surface area contributed by atoms with Crippen molar-refractivity contribution >= 4 is 5.91 Å². The van der Waals surface area contributed by atoms with Crippen LogP contribution >= 0.6 is 0 Å². The minimum atomic E-state index is 0.137. The zero-order chi connectivity index (χ0) is 8.69. The quantitative estimate of drug-likeness (QED) is 0.440. The second-order valence-electron chi connectivity index (χ2n) is 2.43. The molecular weight excluding hydrogens is 142 g/mol. The van der Waals surface area contributed by atoms with Crippen molar-refractivity contribution in [2.24, 2.45) is 0 Å². The van der Waals surface area contributed by atoms with Crippen LogP contribution in [0, 0.1) is 0 Å². The molecule has 0 aromatic rings. The normalized spacial score (nSPS) is 8.91. The maximum Gasteiger partial charge on any atom is 0.222 e. The van der Waals surface area contributed by atoms with Crippen molar-refractivity contribution < 1.29 is 9.53 Å². The van der Waals surface area contributed by atoms with Crippen LogP contribution in [0.3, 0.4) is 0 Å². The van der Waals surface area contributed by atoms with Crippen LogP contribution in [0.25, 0.3) is 0 Å². The second kappa shape index (κ2) is 5.77. The molecule has 0 unspecified atom stereocenters. The van der Waals surface area contributed by atoms with E-state index in [0.29, 0.717) is 13.0 Å². The molecular formula is C8H15NO2. The highest BCUT2D eigenvalue weighted by molar-refractivity contribution is 5.75. The van der Waals surface area contributed by atoms with E-state index in [2.05, 4.69) is 6.58 Å². The molecule has 0 bridgehead atoms. The van der Waals surface area contributed by atoms with Gasteiger partial charge in [0.25, 0.3) is 0 Å². The van der Waals surface area contributed by atoms with Gasteiger partial charge in [0.05, 0.1) is 12.9 Å². The van der Waals surface area contributed by atoms with Crippen LogP contribution in [0.2, 0.25) is 0 Å². The van der Waals surface area contributed by atoms with E-state index in [1.54, 1.807) is 19.0 Å². The van der Waals surface area contributed by atoms with E-state index in [0.717, 1.165) is 6.42 Å². The highest BCUT2D eigenvalue weighted by Crippen LogP contribution is 1.93. The van der Waals surface area contributed by atoms with Crippen LogP contribution in [0.5, 0.6) is 0 Å². The van der Waals surface area contributed by atoms with Gasteiger partial charge in [0.2, 0.25) is 5.91 Å². The zero-order valence-corrected chi connectivity index (χ0v) is 7.17. The van der Waals surface area contributed by atoms with Crippen LogP contribution in [0.15, 0.2) is 12.8 Å². The predicted octanol–water partition coefficient (Wildman–Crippen LogP) is 1.01. The molecule has 3 nitrogen and oxygen atoms in total. The van der Waals surface area contributed by atoms with E-state index in [9.17, 15) is 4.79 Å². The molecule has 0 aromatic heterocycles. The largest absolute Gasteiger partial charge is 0.502 e. The maximum absolute atomic E-state index is 11.0. The number of hydrogen-bond acceptors (Lipinski definition) is 2. The Labute approximate surface area is 67.6 Å². The molecule has 0 N–H and O–H groups in total. The molecule has 0 heterocycles. The van der Waals surface area contributed by atoms with Crippen molar-refractivity contribution in [3.8, 4) is 0 Å². The number of nitrogens with zero attached hydrogens (tertiary/aromatic N) is 1. The Bertz CT molecular complexity index is 132. The second-order valence-corrected chi connectivity index (χ2v) is 2.43. The summed E-state index contributed by atoms with van der Waals surface area (Å²) in [5, 5.41) is 0. The molecule has 0 aliphatic rings. The minimum absolute atomic E-state index is 0.137. The average molecular weight is 157 g/mol. The van der Waals surface area contributed by atoms with Gasteiger partial charge in [0, 0.05) is 20.5 Å². The van der Waals surface area contributed by atoms with Crippen LogP contribution < -0.4 is 0 Å². The number of rotatable bonds is 5. The smallest absolute Gasteiger partial charge is 0.222 e. The van der Waals surface area contributed by atoms with Crippen molar-refractivity contribution in [3.63, 3.8) is 0 Å². The van der Waals surface area contributed by atoms with E-state index < -0.39 is 0 Å². The van der Waals surface area contributed by atoms with Gasteiger partial charge in [-0.05, 0) is 6.42 Å². The predicted molar refractivity (Wildman–Crippen MR) is 44.1 cm³/mol.